The van der Waals surface area contributed by atoms with Crippen molar-refractivity contribution in [2.24, 2.45) is 4.99 Å². The second kappa shape index (κ2) is 10.2. The molecule has 0 unspecified atom stereocenters. The molecule has 0 bridgehead atoms. The van der Waals surface area contributed by atoms with Gasteiger partial charge in [0.05, 0.1) is 46.2 Å². The second-order valence-electron chi connectivity index (χ2n) is 7.63. The van der Waals surface area contributed by atoms with Crippen LogP contribution >= 0.6 is 33.9 Å². The number of nitrogens with zero attached hydrogens (tertiary/aromatic N) is 2. The fourth-order valence-electron chi connectivity index (χ4n) is 3.88. The minimum Gasteiger partial charge on any atom is -0.504 e. The average Bonchev–Trinajstić information content (AvgIpc) is 3.14. The zero-order valence-electron chi connectivity index (χ0n) is 19.5. The highest BCUT2D eigenvalue weighted by Crippen LogP contribution is 2.33. The molecule has 0 saturated carbocycles. The number of hydrogen-bond donors (Lipinski definition) is 1. The summed E-state index contributed by atoms with van der Waals surface area (Å²) in [5.41, 5.74) is 1.95. The van der Waals surface area contributed by atoms with E-state index in [0.717, 1.165) is 5.56 Å². The molecule has 1 N–H and O–H groups in total. The predicted molar refractivity (Wildman–Crippen MR) is 141 cm³/mol. The van der Waals surface area contributed by atoms with Crippen LogP contribution in [0.3, 0.4) is 0 Å². The number of benzene rings is 2. The molecule has 4 rings (SSSR count). The van der Waals surface area contributed by atoms with E-state index in [4.69, 9.17) is 14.2 Å². The SMILES string of the molecule is CCOC(=O)C1=C(C)N=c2sc(=Cc3cc(I)c(O)c(OC)c3)c(=O)n2[C@H]1c1ccc(OC)cc1. The Bertz CT molecular complexity index is 1500. The van der Waals surface area contributed by atoms with E-state index in [0.29, 0.717) is 41.2 Å². The molecule has 2 aromatic carbocycles. The van der Waals surface area contributed by atoms with E-state index in [1.54, 1.807) is 51.3 Å². The molecule has 1 aliphatic rings. The molecule has 0 radical (unpaired) electrons. The Hall–Kier alpha value is -3.12. The molecule has 3 aromatic rings. The summed E-state index contributed by atoms with van der Waals surface area (Å²) in [6.07, 6.45) is 1.72. The van der Waals surface area contributed by atoms with Gasteiger partial charge in [-0.05, 0) is 77.9 Å². The van der Waals surface area contributed by atoms with Crippen molar-refractivity contribution in [3.8, 4) is 17.2 Å². The number of fused-ring (bicyclic) bond motifs is 1. The number of allylic oxidation sites excluding steroid dienone is 1. The van der Waals surface area contributed by atoms with E-state index >= 15 is 0 Å². The highest BCUT2D eigenvalue weighted by atomic mass is 127. The highest BCUT2D eigenvalue weighted by Gasteiger charge is 2.33. The van der Waals surface area contributed by atoms with Crippen LogP contribution in [-0.4, -0.2) is 36.5 Å². The zero-order chi connectivity index (χ0) is 25.3. The van der Waals surface area contributed by atoms with Gasteiger partial charge in [0.1, 0.15) is 5.75 Å². The van der Waals surface area contributed by atoms with Crippen molar-refractivity contribution >= 4 is 46.0 Å². The number of carbonyl (C=O) groups is 1. The number of carbonyl (C=O) groups excluding carboxylic acids is 1. The summed E-state index contributed by atoms with van der Waals surface area (Å²) in [4.78, 5) is 31.7. The number of methoxy groups -OCH3 is 2. The Morgan fingerprint density at radius 2 is 1.94 bits per heavy atom. The van der Waals surface area contributed by atoms with Crippen molar-refractivity contribution in [1.29, 1.82) is 0 Å². The van der Waals surface area contributed by atoms with Crippen molar-refractivity contribution < 1.29 is 24.1 Å². The normalized spacial score (nSPS) is 15.5. The predicted octanol–water partition coefficient (Wildman–Crippen LogP) is 3.13. The number of aromatic hydroxyl groups is 1. The first kappa shape index (κ1) is 25.0. The minimum absolute atomic E-state index is 0.0425. The van der Waals surface area contributed by atoms with E-state index in [-0.39, 0.29) is 17.9 Å². The molecule has 1 atom stereocenters. The molecule has 0 spiro atoms. The lowest BCUT2D eigenvalue weighted by Gasteiger charge is -2.24. The third-order valence-electron chi connectivity index (χ3n) is 5.52. The minimum atomic E-state index is -0.701. The smallest absolute Gasteiger partial charge is 0.338 e. The monoisotopic (exact) mass is 606 g/mol. The molecule has 1 aromatic heterocycles. The molecular weight excluding hydrogens is 583 g/mol. The summed E-state index contributed by atoms with van der Waals surface area (Å²) in [5.74, 6) is 0.505. The molecule has 0 fully saturated rings. The number of halogens is 1. The first-order valence-electron chi connectivity index (χ1n) is 10.7. The van der Waals surface area contributed by atoms with Crippen LogP contribution in [0.1, 0.15) is 31.0 Å². The Labute approximate surface area is 218 Å². The van der Waals surface area contributed by atoms with Gasteiger partial charge in [0.2, 0.25) is 0 Å². The third-order valence-corrected chi connectivity index (χ3v) is 7.32. The van der Waals surface area contributed by atoms with Crippen LogP contribution in [-0.2, 0) is 9.53 Å². The summed E-state index contributed by atoms with van der Waals surface area (Å²) >= 11 is 3.24. The maximum atomic E-state index is 13.7. The van der Waals surface area contributed by atoms with Crippen molar-refractivity contribution in [1.82, 2.24) is 4.57 Å². The van der Waals surface area contributed by atoms with Crippen molar-refractivity contribution in [2.45, 2.75) is 19.9 Å². The number of aromatic nitrogens is 1. The van der Waals surface area contributed by atoms with Crippen molar-refractivity contribution in [3.63, 3.8) is 0 Å². The van der Waals surface area contributed by atoms with Gasteiger partial charge in [0.25, 0.3) is 5.56 Å². The number of ether oxygens (including phenoxy) is 3. The summed E-state index contributed by atoms with van der Waals surface area (Å²) in [6.45, 7) is 3.68. The maximum absolute atomic E-state index is 13.7. The standard InChI is InChI=1S/C25H23IN2O6S/c1-5-34-24(31)20-13(2)27-25-28(21(20)15-6-8-16(32-3)9-7-15)23(30)19(35-25)12-14-10-17(26)22(29)18(11-14)33-4/h6-12,21,29H,5H2,1-4H3/t21-/m0/s1. The van der Waals surface area contributed by atoms with Crippen LogP contribution in [0, 0.1) is 3.57 Å². The van der Waals surface area contributed by atoms with E-state index in [2.05, 4.69) is 4.99 Å². The van der Waals surface area contributed by atoms with Crippen LogP contribution in [0.4, 0.5) is 0 Å². The van der Waals surface area contributed by atoms with Gasteiger partial charge in [-0.1, -0.05) is 23.5 Å². The van der Waals surface area contributed by atoms with Crippen molar-refractivity contribution in [2.75, 3.05) is 20.8 Å². The van der Waals surface area contributed by atoms with Gasteiger partial charge in [0, 0.05) is 0 Å². The van der Waals surface area contributed by atoms with E-state index < -0.39 is 12.0 Å². The van der Waals surface area contributed by atoms with Gasteiger partial charge in [-0.3, -0.25) is 9.36 Å². The summed E-state index contributed by atoms with van der Waals surface area (Å²) in [6, 6.07) is 9.94. The number of phenols is 1. The van der Waals surface area contributed by atoms with Crippen LogP contribution in [0.15, 0.2) is 57.5 Å². The quantitative estimate of drug-likeness (QED) is 0.342. The van der Waals surface area contributed by atoms with E-state index in [1.807, 2.05) is 34.7 Å². The highest BCUT2D eigenvalue weighted by molar-refractivity contribution is 14.1. The molecule has 35 heavy (non-hydrogen) atoms. The van der Waals surface area contributed by atoms with E-state index in [9.17, 15) is 14.7 Å². The van der Waals surface area contributed by atoms with Gasteiger partial charge in [0.15, 0.2) is 16.3 Å². The first-order valence-corrected chi connectivity index (χ1v) is 12.6. The zero-order valence-corrected chi connectivity index (χ0v) is 22.5. The lowest BCUT2D eigenvalue weighted by molar-refractivity contribution is -0.139. The molecule has 0 aliphatic carbocycles. The van der Waals surface area contributed by atoms with Crippen LogP contribution in [0.2, 0.25) is 0 Å². The molecule has 0 amide bonds. The van der Waals surface area contributed by atoms with Gasteiger partial charge in [-0.2, -0.15) is 0 Å². The fourth-order valence-corrected chi connectivity index (χ4v) is 5.55. The number of hydrogen-bond acceptors (Lipinski definition) is 8. The van der Waals surface area contributed by atoms with Crippen molar-refractivity contribution in [3.05, 3.63) is 82.1 Å². The number of rotatable bonds is 6. The van der Waals surface area contributed by atoms with Crippen LogP contribution < -0.4 is 24.4 Å². The van der Waals surface area contributed by atoms with Gasteiger partial charge in [-0.15, -0.1) is 0 Å². The summed E-state index contributed by atoms with van der Waals surface area (Å²) < 4.78 is 18.4. The van der Waals surface area contributed by atoms with E-state index in [1.165, 1.54) is 23.0 Å². The molecule has 8 nitrogen and oxygen atoms in total. The molecule has 1 aliphatic heterocycles. The van der Waals surface area contributed by atoms with Gasteiger partial charge in [-0.25, -0.2) is 9.79 Å². The lowest BCUT2D eigenvalue weighted by atomic mass is 9.96. The molecular formula is C25H23IN2O6S. The molecule has 182 valence electrons. The third kappa shape index (κ3) is 4.72. The first-order chi connectivity index (χ1) is 16.8. The average molecular weight is 606 g/mol. The molecule has 10 heteroatoms. The number of phenolic OH excluding ortho intramolecular Hbond substituents is 1. The Balaban J connectivity index is 1.94. The maximum Gasteiger partial charge on any atom is 0.338 e. The summed E-state index contributed by atoms with van der Waals surface area (Å²) in [7, 11) is 3.04. The van der Waals surface area contributed by atoms with Crippen LogP contribution in [0.25, 0.3) is 6.08 Å². The Kier molecular flexibility index (Phi) is 7.31. The molecule has 2 heterocycles. The molecule has 0 saturated heterocycles. The number of esters is 1. The summed E-state index contributed by atoms with van der Waals surface area (Å²) in [5, 5.41) is 10.1. The fraction of sp³-hybridized carbons (Fsp3) is 0.240. The number of thiazole rings is 1. The lowest BCUT2D eigenvalue weighted by Crippen LogP contribution is -2.39. The Morgan fingerprint density at radius 3 is 2.57 bits per heavy atom. The van der Waals surface area contributed by atoms with Gasteiger partial charge < -0.3 is 19.3 Å². The Morgan fingerprint density at radius 1 is 1.23 bits per heavy atom. The van der Waals surface area contributed by atoms with Crippen LogP contribution in [0.5, 0.6) is 17.2 Å². The largest absolute Gasteiger partial charge is 0.504 e. The second-order valence-corrected chi connectivity index (χ2v) is 9.80. The van der Waals surface area contributed by atoms with Gasteiger partial charge >= 0.3 is 5.97 Å². The topological polar surface area (TPSA) is 99.4 Å².